The second kappa shape index (κ2) is 4.79. The molecule has 1 aliphatic heterocycles. The Morgan fingerprint density at radius 1 is 1.32 bits per heavy atom. The molecule has 2 atom stereocenters. The normalized spacial score (nSPS) is 26.3. The van der Waals surface area contributed by atoms with E-state index in [-0.39, 0.29) is 23.7 Å². The number of imide groups is 1. The van der Waals surface area contributed by atoms with Gasteiger partial charge in [-0.1, -0.05) is 6.42 Å². The van der Waals surface area contributed by atoms with E-state index in [2.05, 4.69) is 10.2 Å². The number of aromatic nitrogens is 2. The number of hydrogen-bond acceptors (Lipinski definition) is 3. The zero-order valence-electron chi connectivity index (χ0n) is 11.2. The molecule has 0 aromatic carbocycles. The summed E-state index contributed by atoms with van der Waals surface area (Å²) in [4.78, 5) is 25.8. The van der Waals surface area contributed by atoms with Crippen LogP contribution in [0.25, 0.3) is 0 Å². The number of H-pyrrole nitrogens is 1. The first-order valence-electron chi connectivity index (χ1n) is 7.02. The molecule has 19 heavy (non-hydrogen) atoms. The van der Waals surface area contributed by atoms with Gasteiger partial charge in [0, 0.05) is 12.2 Å². The lowest BCUT2D eigenvalue weighted by Crippen LogP contribution is -2.32. The van der Waals surface area contributed by atoms with Gasteiger partial charge >= 0.3 is 0 Å². The predicted octanol–water partition coefficient (Wildman–Crippen LogP) is 1.44. The van der Waals surface area contributed by atoms with Crippen LogP contribution in [0.2, 0.25) is 0 Å². The molecule has 1 saturated carbocycles. The molecule has 1 aromatic rings. The first-order valence-corrected chi connectivity index (χ1v) is 7.02. The van der Waals surface area contributed by atoms with E-state index in [1.165, 1.54) is 10.5 Å². The van der Waals surface area contributed by atoms with Crippen LogP contribution in [-0.2, 0) is 16.0 Å². The summed E-state index contributed by atoms with van der Waals surface area (Å²) in [6.45, 7) is 2.54. The zero-order valence-corrected chi connectivity index (χ0v) is 11.2. The fourth-order valence-corrected chi connectivity index (χ4v) is 3.34. The standard InChI is InChI=1S/C14H19N3O2/c1-9-10(8-15-16-9)4-3-7-17-13(18)11-5-2-6-12(11)14(17)19/h8,11-12H,2-7H2,1H3,(H,15,16). The lowest BCUT2D eigenvalue weighted by Gasteiger charge is -2.15. The Labute approximate surface area is 112 Å². The molecule has 2 aliphatic rings. The minimum atomic E-state index is -0.0110. The number of carbonyl (C=O) groups excluding carboxylic acids is 2. The molecule has 3 rings (SSSR count). The predicted molar refractivity (Wildman–Crippen MR) is 69.2 cm³/mol. The highest BCUT2D eigenvalue weighted by Gasteiger charge is 2.49. The molecule has 5 heteroatoms. The summed E-state index contributed by atoms with van der Waals surface area (Å²) < 4.78 is 0. The summed E-state index contributed by atoms with van der Waals surface area (Å²) >= 11 is 0. The van der Waals surface area contributed by atoms with Crippen LogP contribution in [0.4, 0.5) is 0 Å². The largest absolute Gasteiger partial charge is 0.283 e. The van der Waals surface area contributed by atoms with Gasteiger partial charge in [0.15, 0.2) is 0 Å². The molecule has 0 bridgehead atoms. The molecule has 2 unspecified atom stereocenters. The smallest absolute Gasteiger partial charge is 0.233 e. The number of fused-ring (bicyclic) bond motifs is 1. The van der Waals surface area contributed by atoms with E-state index in [1.54, 1.807) is 0 Å². The van der Waals surface area contributed by atoms with Gasteiger partial charge in [-0.05, 0) is 38.2 Å². The minimum Gasteiger partial charge on any atom is -0.283 e. The van der Waals surface area contributed by atoms with Crippen molar-refractivity contribution in [2.45, 2.75) is 39.0 Å². The van der Waals surface area contributed by atoms with E-state index < -0.39 is 0 Å². The van der Waals surface area contributed by atoms with Crippen molar-refractivity contribution in [3.8, 4) is 0 Å². The lowest BCUT2D eigenvalue weighted by atomic mass is 10.00. The third kappa shape index (κ3) is 2.07. The number of nitrogens with one attached hydrogen (secondary N) is 1. The van der Waals surface area contributed by atoms with Gasteiger partial charge in [0.05, 0.1) is 18.0 Å². The van der Waals surface area contributed by atoms with Crippen LogP contribution in [0, 0.1) is 18.8 Å². The number of aryl methyl sites for hydroxylation is 2. The van der Waals surface area contributed by atoms with Crippen molar-refractivity contribution in [3.63, 3.8) is 0 Å². The van der Waals surface area contributed by atoms with Crippen molar-refractivity contribution in [2.24, 2.45) is 11.8 Å². The summed E-state index contributed by atoms with van der Waals surface area (Å²) in [6, 6.07) is 0. The van der Waals surface area contributed by atoms with E-state index in [4.69, 9.17) is 0 Å². The van der Waals surface area contributed by atoms with Crippen molar-refractivity contribution < 1.29 is 9.59 Å². The zero-order chi connectivity index (χ0) is 13.4. The van der Waals surface area contributed by atoms with Gasteiger partial charge in [0.1, 0.15) is 0 Å². The molecule has 0 radical (unpaired) electrons. The van der Waals surface area contributed by atoms with Crippen molar-refractivity contribution in [3.05, 3.63) is 17.5 Å². The summed E-state index contributed by atoms with van der Waals surface area (Å²) in [5.74, 6) is 0.110. The van der Waals surface area contributed by atoms with E-state index in [9.17, 15) is 9.59 Å². The van der Waals surface area contributed by atoms with Crippen LogP contribution in [-0.4, -0.2) is 33.5 Å². The second-order valence-electron chi connectivity index (χ2n) is 5.60. The topological polar surface area (TPSA) is 66.1 Å². The summed E-state index contributed by atoms with van der Waals surface area (Å²) in [5, 5.41) is 6.88. The number of hydrogen-bond donors (Lipinski definition) is 1. The molecule has 102 valence electrons. The van der Waals surface area contributed by atoms with Crippen LogP contribution in [0.1, 0.15) is 36.9 Å². The molecular formula is C14H19N3O2. The number of rotatable bonds is 4. The van der Waals surface area contributed by atoms with Gasteiger partial charge in [-0.3, -0.25) is 19.6 Å². The van der Waals surface area contributed by atoms with E-state index in [1.807, 2.05) is 13.1 Å². The van der Waals surface area contributed by atoms with Gasteiger partial charge in [-0.25, -0.2) is 0 Å². The van der Waals surface area contributed by atoms with Gasteiger partial charge in [0.25, 0.3) is 0 Å². The molecule has 5 nitrogen and oxygen atoms in total. The number of likely N-dealkylation sites (tertiary alicyclic amines) is 1. The highest BCUT2D eigenvalue weighted by atomic mass is 16.2. The van der Waals surface area contributed by atoms with E-state index in [0.717, 1.165) is 37.8 Å². The summed E-state index contributed by atoms with van der Waals surface area (Å²) in [6.07, 6.45) is 6.30. The van der Waals surface area contributed by atoms with Crippen LogP contribution in [0.5, 0.6) is 0 Å². The third-order valence-corrected chi connectivity index (χ3v) is 4.44. The van der Waals surface area contributed by atoms with Gasteiger partial charge in [-0.15, -0.1) is 0 Å². The highest BCUT2D eigenvalue weighted by molar-refractivity contribution is 6.05. The van der Waals surface area contributed by atoms with Crippen molar-refractivity contribution in [1.82, 2.24) is 15.1 Å². The first kappa shape index (κ1) is 12.4. The summed E-state index contributed by atoms with van der Waals surface area (Å²) in [7, 11) is 0. The molecule has 1 aliphatic carbocycles. The number of amides is 2. The van der Waals surface area contributed by atoms with E-state index in [0.29, 0.717) is 6.54 Å². The number of nitrogens with zero attached hydrogens (tertiary/aromatic N) is 2. The fraction of sp³-hybridized carbons (Fsp3) is 0.643. The third-order valence-electron chi connectivity index (χ3n) is 4.44. The number of aromatic amines is 1. The Morgan fingerprint density at radius 2 is 2.00 bits per heavy atom. The Bertz CT molecular complexity index is 487. The average Bonchev–Trinajstić information content (AvgIpc) is 3.06. The molecule has 1 N–H and O–H groups in total. The van der Waals surface area contributed by atoms with Crippen molar-refractivity contribution in [2.75, 3.05) is 6.54 Å². The molecule has 1 aromatic heterocycles. The Morgan fingerprint density at radius 3 is 2.58 bits per heavy atom. The molecule has 2 fully saturated rings. The van der Waals surface area contributed by atoms with Crippen LogP contribution < -0.4 is 0 Å². The van der Waals surface area contributed by atoms with Gasteiger partial charge in [-0.2, -0.15) is 5.10 Å². The van der Waals surface area contributed by atoms with Gasteiger partial charge in [0.2, 0.25) is 11.8 Å². The lowest BCUT2D eigenvalue weighted by molar-refractivity contribution is -0.140. The van der Waals surface area contributed by atoms with Crippen molar-refractivity contribution >= 4 is 11.8 Å². The fourth-order valence-electron chi connectivity index (χ4n) is 3.34. The summed E-state index contributed by atoms with van der Waals surface area (Å²) in [5.41, 5.74) is 2.23. The maximum Gasteiger partial charge on any atom is 0.233 e. The minimum absolute atomic E-state index is 0.0110. The average molecular weight is 261 g/mol. The molecule has 1 saturated heterocycles. The molecule has 2 amide bonds. The highest BCUT2D eigenvalue weighted by Crippen LogP contribution is 2.39. The van der Waals surface area contributed by atoms with Crippen molar-refractivity contribution in [1.29, 1.82) is 0 Å². The molecular weight excluding hydrogens is 242 g/mol. The van der Waals surface area contributed by atoms with Gasteiger partial charge < -0.3 is 0 Å². The quantitative estimate of drug-likeness (QED) is 0.834. The van der Waals surface area contributed by atoms with E-state index >= 15 is 0 Å². The maximum atomic E-state index is 12.1. The van der Waals surface area contributed by atoms with Crippen LogP contribution in [0.3, 0.4) is 0 Å². The first-order chi connectivity index (χ1) is 9.18. The maximum absolute atomic E-state index is 12.1. The number of carbonyl (C=O) groups is 2. The monoisotopic (exact) mass is 261 g/mol. The SMILES string of the molecule is Cc1[nH]ncc1CCCN1C(=O)C2CCCC2C1=O. The second-order valence-corrected chi connectivity index (χ2v) is 5.60. The van der Waals surface area contributed by atoms with Crippen LogP contribution >= 0.6 is 0 Å². The molecule has 0 spiro atoms. The Hall–Kier alpha value is -1.65. The Kier molecular flexibility index (Phi) is 3.12. The van der Waals surface area contributed by atoms with Crippen LogP contribution in [0.15, 0.2) is 6.20 Å². The Balaban J connectivity index is 1.57. The molecule has 2 heterocycles.